The van der Waals surface area contributed by atoms with Crippen LogP contribution in [0.2, 0.25) is 0 Å². The van der Waals surface area contributed by atoms with Gasteiger partial charge in [-0.1, -0.05) is 6.92 Å². The standard InChI is InChI=1S/C18H16FN5/c1-2-3-16-20-18(24-22-16)12-6-9-15-14(10-12)17(23-21-15)11-4-7-13(19)8-5-11/h4-10H,2-3H2,1H3,(H,21,23)(H,20,22,24). The molecule has 120 valence electrons. The fraction of sp³-hybridized carbons (Fsp3) is 0.167. The second-order valence-corrected chi connectivity index (χ2v) is 5.71. The highest BCUT2D eigenvalue weighted by Crippen LogP contribution is 2.29. The number of hydrogen-bond donors (Lipinski definition) is 2. The van der Waals surface area contributed by atoms with Gasteiger partial charge < -0.3 is 4.98 Å². The molecule has 0 bridgehead atoms. The number of aromatic amines is 2. The predicted molar refractivity (Wildman–Crippen MR) is 90.9 cm³/mol. The van der Waals surface area contributed by atoms with Crippen molar-refractivity contribution in [3.63, 3.8) is 0 Å². The van der Waals surface area contributed by atoms with E-state index in [1.807, 2.05) is 18.2 Å². The summed E-state index contributed by atoms with van der Waals surface area (Å²) in [6, 6.07) is 12.3. The Morgan fingerprint density at radius 3 is 2.58 bits per heavy atom. The smallest absolute Gasteiger partial charge is 0.161 e. The molecule has 4 rings (SSSR count). The molecule has 0 fully saturated rings. The third kappa shape index (κ3) is 2.56. The van der Waals surface area contributed by atoms with E-state index in [0.717, 1.165) is 52.2 Å². The Bertz CT molecular complexity index is 984. The summed E-state index contributed by atoms with van der Waals surface area (Å²) in [5.74, 6) is 1.37. The topological polar surface area (TPSA) is 70.2 Å². The third-order valence-electron chi connectivity index (χ3n) is 3.97. The van der Waals surface area contributed by atoms with Crippen molar-refractivity contribution in [2.75, 3.05) is 0 Å². The summed E-state index contributed by atoms with van der Waals surface area (Å²) in [5, 5.41) is 16.7. The van der Waals surface area contributed by atoms with Gasteiger partial charge in [-0.3, -0.25) is 5.10 Å². The molecule has 2 N–H and O–H groups in total. The summed E-state index contributed by atoms with van der Waals surface area (Å²) >= 11 is 0. The van der Waals surface area contributed by atoms with Crippen LogP contribution in [0.25, 0.3) is 33.5 Å². The summed E-state index contributed by atoms with van der Waals surface area (Å²) in [6.07, 6.45) is 1.89. The van der Waals surface area contributed by atoms with Crippen LogP contribution >= 0.6 is 0 Å². The van der Waals surface area contributed by atoms with Crippen LogP contribution in [-0.2, 0) is 6.42 Å². The molecule has 5 nitrogen and oxygen atoms in total. The molecule has 0 aliphatic rings. The van der Waals surface area contributed by atoms with Gasteiger partial charge in [0.2, 0.25) is 0 Å². The molecule has 0 aliphatic carbocycles. The average Bonchev–Trinajstić information content (AvgIpc) is 3.22. The van der Waals surface area contributed by atoms with Crippen LogP contribution in [0.15, 0.2) is 42.5 Å². The first-order chi connectivity index (χ1) is 11.7. The average molecular weight is 321 g/mol. The van der Waals surface area contributed by atoms with Gasteiger partial charge in [-0.25, -0.2) is 4.39 Å². The number of rotatable bonds is 4. The van der Waals surface area contributed by atoms with E-state index in [1.54, 1.807) is 12.1 Å². The lowest BCUT2D eigenvalue weighted by Gasteiger charge is -2.00. The van der Waals surface area contributed by atoms with Crippen molar-refractivity contribution in [3.8, 4) is 22.6 Å². The summed E-state index contributed by atoms with van der Waals surface area (Å²) in [5.41, 5.74) is 3.53. The van der Waals surface area contributed by atoms with Gasteiger partial charge in [0.1, 0.15) is 11.6 Å². The zero-order valence-corrected chi connectivity index (χ0v) is 13.2. The van der Waals surface area contributed by atoms with E-state index < -0.39 is 0 Å². The number of fused-ring (bicyclic) bond motifs is 1. The first-order valence-corrected chi connectivity index (χ1v) is 7.90. The number of nitrogens with zero attached hydrogens (tertiary/aromatic N) is 3. The molecule has 0 unspecified atom stereocenters. The fourth-order valence-corrected chi connectivity index (χ4v) is 2.77. The van der Waals surface area contributed by atoms with Gasteiger partial charge in [-0.2, -0.15) is 5.10 Å². The Balaban J connectivity index is 1.79. The number of halogens is 1. The highest BCUT2D eigenvalue weighted by atomic mass is 19.1. The van der Waals surface area contributed by atoms with Crippen LogP contribution in [-0.4, -0.2) is 25.4 Å². The molecule has 0 radical (unpaired) electrons. The molecule has 0 saturated heterocycles. The third-order valence-corrected chi connectivity index (χ3v) is 3.97. The predicted octanol–water partition coefficient (Wildman–Crippen LogP) is 4.11. The van der Waals surface area contributed by atoms with Gasteiger partial charge in [0.05, 0.1) is 11.2 Å². The van der Waals surface area contributed by atoms with E-state index in [2.05, 4.69) is 32.3 Å². The zero-order valence-electron chi connectivity index (χ0n) is 13.2. The quantitative estimate of drug-likeness (QED) is 0.594. The second kappa shape index (κ2) is 5.88. The van der Waals surface area contributed by atoms with Crippen molar-refractivity contribution in [3.05, 3.63) is 54.1 Å². The maximum Gasteiger partial charge on any atom is 0.161 e. The number of aromatic nitrogens is 5. The first-order valence-electron chi connectivity index (χ1n) is 7.90. The molecule has 4 aromatic rings. The number of H-pyrrole nitrogens is 2. The molecule has 6 heteroatoms. The van der Waals surface area contributed by atoms with E-state index >= 15 is 0 Å². The lowest BCUT2D eigenvalue weighted by Crippen LogP contribution is -1.85. The lowest BCUT2D eigenvalue weighted by molar-refractivity contribution is 0.628. The maximum atomic E-state index is 13.1. The van der Waals surface area contributed by atoms with Gasteiger partial charge in [0, 0.05) is 22.9 Å². The van der Waals surface area contributed by atoms with Crippen molar-refractivity contribution < 1.29 is 4.39 Å². The Morgan fingerprint density at radius 2 is 1.79 bits per heavy atom. The summed E-state index contributed by atoms with van der Waals surface area (Å²) in [7, 11) is 0. The van der Waals surface area contributed by atoms with Crippen molar-refractivity contribution in [2.45, 2.75) is 19.8 Å². The van der Waals surface area contributed by atoms with Crippen molar-refractivity contribution in [2.24, 2.45) is 0 Å². The van der Waals surface area contributed by atoms with E-state index in [1.165, 1.54) is 12.1 Å². The van der Waals surface area contributed by atoms with Crippen molar-refractivity contribution >= 4 is 10.9 Å². The summed E-state index contributed by atoms with van der Waals surface area (Å²) < 4.78 is 13.1. The minimum atomic E-state index is -0.260. The molecule has 2 aromatic carbocycles. The number of hydrogen-bond acceptors (Lipinski definition) is 3. The van der Waals surface area contributed by atoms with Crippen LogP contribution in [0.4, 0.5) is 4.39 Å². The van der Waals surface area contributed by atoms with Crippen LogP contribution in [0.3, 0.4) is 0 Å². The Morgan fingerprint density at radius 1 is 1.00 bits per heavy atom. The second-order valence-electron chi connectivity index (χ2n) is 5.71. The van der Waals surface area contributed by atoms with E-state index in [-0.39, 0.29) is 5.82 Å². The minimum absolute atomic E-state index is 0.260. The van der Waals surface area contributed by atoms with Crippen LogP contribution in [0, 0.1) is 5.82 Å². The molecule has 24 heavy (non-hydrogen) atoms. The largest absolute Gasteiger partial charge is 0.325 e. The Kier molecular flexibility index (Phi) is 3.57. The summed E-state index contributed by atoms with van der Waals surface area (Å²) in [6.45, 7) is 2.11. The van der Waals surface area contributed by atoms with Crippen LogP contribution in [0.5, 0.6) is 0 Å². The molecule has 0 atom stereocenters. The molecule has 0 saturated carbocycles. The summed E-state index contributed by atoms with van der Waals surface area (Å²) in [4.78, 5) is 3.25. The van der Waals surface area contributed by atoms with E-state index in [4.69, 9.17) is 0 Å². The lowest BCUT2D eigenvalue weighted by atomic mass is 10.1. The molecular weight excluding hydrogens is 305 g/mol. The highest BCUT2D eigenvalue weighted by molar-refractivity contribution is 5.95. The van der Waals surface area contributed by atoms with Crippen molar-refractivity contribution in [1.29, 1.82) is 0 Å². The minimum Gasteiger partial charge on any atom is -0.325 e. The van der Waals surface area contributed by atoms with Gasteiger partial charge in [0.25, 0.3) is 0 Å². The zero-order chi connectivity index (χ0) is 16.5. The first kappa shape index (κ1) is 14.6. The number of benzene rings is 2. The maximum absolute atomic E-state index is 13.1. The molecule has 2 heterocycles. The molecule has 0 aliphatic heterocycles. The fourth-order valence-electron chi connectivity index (χ4n) is 2.77. The SMILES string of the molecule is CCCc1nnc(-c2ccc3[nH]nc(-c4ccc(F)cc4)c3c2)[nH]1. The normalized spacial score (nSPS) is 11.2. The van der Waals surface area contributed by atoms with Crippen LogP contribution in [0.1, 0.15) is 19.2 Å². The highest BCUT2D eigenvalue weighted by Gasteiger charge is 2.11. The van der Waals surface area contributed by atoms with Gasteiger partial charge >= 0.3 is 0 Å². The van der Waals surface area contributed by atoms with Crippen molar-refractivity contribution in [1.82, 2.24) is 25.4 Å². The Hall–Kier alpha value is -3.02. The van der Waals surface area contributed by atoms with Gasteiger partial charge in [0.15, 0.2) is 5.82 Å². The monoisotopic (exact) mass is 321 g/mol. The molecular formula is C18H16FN5. The molecule has 0 amide bonds. The van der Waals surface area contributed by atoms with Crippen LogP contribution < -0.4 is 0 Å². The van der Waals surface area contributed by atoms with E-state index in [9.17, 15) is 4.39 Å². The van der Waals surface area contributed by atoms with Gasteiger partial charge in [-0.15, -0.1) is 10.2 Å². The number of aryl methyl sites for hydroxylation is 1. The number of nitrogens with one attached hydrogen (secondary N) is 2. The molecule has 2 aromatic heterocycles. The molecule has 0 spiro atoms. The van der Waals surface area contributed by atoms with Gasteiger partial charge in [-0.05, 0) is 48.9 Å². The Labute approximate surface area is 138 Å². The van der Waals surface area contributed by atoms with E-state index in [0.29, 0.717) is 0 Å².